The van der Waals surface area contributed by atoms with E-state index in [0.717, 1.165) is 10.5 Å². The van der Waals surface area contributed by atoms with Crippen molar-refractivity contribution >= 4 is 29.5 Å². The number of rotatable bonds is 8. The van der Waals surface area contributed by atoms with Crippen LogP contribution in [0.3, 0.4) is 0 Å². The third-order valence-electron chi connectivity index (χ3n) is 6.70. The summed E-state index contributed by atoms with van der Waals surface area (Å²) in [5, 5.41) is 0. The van der Waals surface area contributed by atoms with E-state index >= 15 is 0 Å². The molecule has 2 N–H and O–H groups in total. The number of carbonyl (C=O) groups excluding carboxylic acids is 3. The lowest BCUT2D eigenvalue weighted by Gasteiger charge is -2.46. The van der Waals surface area contributed by atoms with E-state index < -0.39 is 29.7 Å². The van der Waals surface area contributed by atoms with Gasteiger partial charge in [0.15, 0.2) is 0 Å². The predicted octanol–water partition coefficient (Wildman–Crippen LogP) is 2.68. The number of nitrogens with zero attached hydrogens (tertiary/aromatic N) is 5. The Morgan fingerprint density at radius 2 is 1.97 bits per heavy atom. The fraction of sp³-hybridized carbons (Fsp3) is 0.346. The highest BCUT2D eigenvalue weighted by atomic mass is 19.1. The quantitative estimate of drug-likeness (QED) is 0.484. The molecule has 0 radical (unpaired) electrons. The van der Waals surface area contributed by atoms with Crippen LogP contribution in [0.1, 0.15) is 36.8 Å². The standard InChI is InChI=1S/C26H29FN6O3/c1-4-17(18-6-5-7-19(27)14-18)15-22(34)33-23(25(36)32(3)26-30-10-11-31(26)2)20(24(33)35)12-16-8-9-29-21(28)13-16/h5-11,13-14,17,20,23H,4,12,15H2,1-3H3,(H2,28,29)/t17-,20-,23+/m1/s1. The van der Waals surface area contributed by atoms with E-state index in [2.05, 4.69) is 9.97 Å². The number of benzene rings is 1. The Morgan fingerprint density at radius 3 is 2.61 bits per heavy atom. The highest BCUT2D eigenvalue weighted by Crippen LogP contribution is 2.35. The van der Waals surface area contributed by atoms with Crippen molar-refractivity contribution in [3.63, 3.8) is 0 Å². The van der Waals surface area contributed by atoms with Gasteiger partial charge in [-0.3, -0.25) is 24.2 Å². The normalized spacial score (nSPS) is 18.0. The molecule has 36 heavy (non-hydrogen) atoms. The number of aromatic nitrogens is 3. The second kappa shape index (κ2) is 10.3. The maximum absolute atomic E-state index is 13.8. The molecular formula is C26H29FN6O3. The molecule has 0 unspecified atom stereocenters. The fourth-order valence-electron chi connectivity index (χ4n) is 4.73. The van der Waals surface area contributed by atoms with Gasteiger partial charge in [-0.05, 0) is 54.2 Å². The number of amides is 3. The second-order valence-electron chi connectivity index (χ2n) is 9.05. The van der Waals surface area contributed by atoms with Crippen molar-refractivity contribution in [3.8, 4) is 0 Å². The van der Waals surface area contributed by atoms with Gasteiger partial charge in [-0.1, -0.05) is 19.1 Å². The zero-order valence-electron chi connectivity index (χ0n) is 20.5. The Balaban J connectivity index is 1.61. The number of carbonyl (C=O) groups is 3. The van der Waals surface area contributed by atoms with Gasteiger partial charge >= 0.3 is 0 Å². The van der Waals surface area contributed by atoms with Crippen molar-refractivity contribution in [1.82, 2.24) is 19.4 Å². The first-order valence-corrected chi connectivity index (χ1v) is 11.8. The number of aryl methyl sites for hydroxylation is 1. The molecule has 1 saturated heterocycles. The average Bonchev–Trinajstić information content (AvgIpc) is 3.28. The predicted molar refractivity (Wildman–Crippen MR) is 132 cm³/mol. The summed E-state index contributed by atoms with van der Waals surface area (Å²) >= 11 is 0. The molecule has 10 heteroatoms. The van der Waals surface area contributed by atoms with Crippen LogP contribution in [0.2, 0.25) is 0 Å². The summed E-state index contributed by atoms with van der Waals surface area (Å²) in [5.41, 5.74) is 7.21. The van der Waals surface area contributed by atoms with E-state index in [9.17, 15) is 18.8 Å². The van der Waals surface area contributed by atoms with E-state index in [-0.39, 0.29) is 24.6 Å². The summed E-state index contributed by atoms with van der Waals surface area (Å²) in [6.45, 7) is 1.90. The molecule has 0 aliphatic carbocycles. The first-order valence-electron chi connectivity index (χ1n) is 11.8. The minimum atomic E-state index is -0.994. The Labute approximate surface area is 208 Å². The molecule has 0 bridgehead atoms. The molecule has 1 aromatic carbocycles. The molecule has 4 rings (SSSR count). The van der Waals surface area contributed by atoms with Crippen LogP contribution in [-0.2, 0) is 27.9 Å². The molecule has 0 spiro atoms. The molecule has 1 aliphatic rings. The van der Waals surface area contributed by atoms with Crippen LogP contribution in [0, 0.1) is 11.7 Å². The summed E-state index contributed by atoms with van der Waals surface area (Å²) in [4.78, 5) is 50.9. The number of likely N-dealkylation sites (tertiary alicyclic amines) is 1. The largest absolute Gasteiger partial charge is 0.384 e. The summed E-state index contributed by atoms with van der Waals surface area (Å²) in [6, 6.07) is 8.48. The van der Waals surface area contributed by atoms with Crippen molar-refractivity contribution in [3.05, 3.63) is 71.9 Å². The maximum atomic E-state index is 13.8. The number of imidazole rings is 1. The third-order valence-corrected chi connectivity index (χ3v) is 6.70. The molecular weight excluding hydrogens is 463 g/mol. The number of likely N-dealkylation sites (N-methyl/N-ethyl adjacent to an activating group) is 1. The van der Waals surface area contributed by atoms with Gasteiger partial charge in [0, 0.05) is 39.1 Å². The van der Waals surface area contributed by atoms with E-state index in [1.165, 1.54) is 17.0 Å². The average molecular weight is 493 g/mol. The Bertz CT molecular complexity index is 1290. The summed E-state index contributed by atoms with van der Waals surface area (Å²) in [5.74, 6) is -2.01. The van der Waals surface area contributed by atoms with Gasteiger partial charge in [0.2, 0.25) is 17.8 Å². The van der Waals surface area contributed by atoms with E-state index in [0.29, 0.717) is 23.8 Å². The zero-order chi connectivity index (χ0) is 26.0. The van der Waals surface area contributed by atoms with Gasteiger partial charge < -0.3 is 10.3 Å². The molecule has 1 fully saturated rings. The van der Waals surface area contributed by atoms with Gasteiger partial charge in [-0.25, -0.2) is 14.4 Å². The maximum Gasteiger partial charge on any atom is 0.253 e. The molecule has 9 nitrogen and oxygen atoms in total. The number of hydrogen-bond donors (Lipinski definition) is 1. The SMILES string of the molecule is CC[C@H](CC(=O)N1C(=O)[C@H](Cc2ccnc(N)c2)[C@H]1C(=O)N(C)c1nccn1C)c1cccc(F)c1. The molecule has 3 heterocycles. The molecule has 2 aromatic heterocycles. The minimum Gasteiger partial charge on any atom is -0.384 e. The minimum absolute atomic E-state index is 0.0173. The highest BCUT2D eigenvalue weighted by Gasteiger charge is 2.55. The van der Waals surface area contributed by atoms with Crippen molar-refractivity contribution in [1.29, 1.82) is 0 Å². The lowest BCUT2D eigenvalue weighted by atomic mass is 9.80. The monoisotopic (exact) mass is 492 g/mol. The Morgan fingerprint density at radius 1 is 1.19 bits per heavy atom. The molecule has 3 aromatic rings. The van der Waals surface area contributed by atoms with Crippen LogP contribution in [0.25, 0.3) is 0 Å². The van der Waals surface area contributed by atoms with Crippen LogP contribution in [0.5, 0.6) is 0 Å². The van der Waals surface area contributed by atoms with Crippen LogP contribution >= 0.6 is 0 Å². The zero-order valence-corrected chi connectivity index (χ0v) is 20.5. The smallest absolute Gasteiger partial charge is 0.253 e. The van der Waals surface area contributed by atoms with Crippen molar-refractivity contribution in [2.45, 2.75) is 38.1 Å². The van der Waals surface area contributed by atoms with Crippen LogP contribution < -0.4 is 10.6 Å². The summed E-state index contributed by atoms with van der Waals surface area (Å²) in [6.07, 6.45) is 5.60. The topological polar surface area (TPSA) is 114 Å². The first-order chi connectivity index (χ1) is 17.2. The molecule has 1 aliphatic heterocycles. The fourth-order valence-corrected chi connectivity index (χ4v) is 4.73. The van der Waals surface area contributed by atoms with Crippen LogP contribution in [0.4, 0.5) is 16.2 Å². The van der Waals surface area contributed by atoms with E-state index in [4.69, 9.17) is 5.73 Å². The second-order valence-corrected chi connectivity index (χ2v) is 9.05. The first kappa shape index (κ1) is 25.0. The van der Waals surface area contributed by atoms with E-state index in [1.54, 1.807) is 61.5 Å². The number of pyridine rings is 1. The molecule has 3 atom stereocenters. The number of β-lactam (4-membered cyclic amide) rings is 1. The summed E-state index contributed by atoms with van der Waals surface area (Å²) in [7, 11) is 3.32. The highest BCUT2D eigenvalue weighted by molar-refractivity contribution is 6.12. The number of imide groups is 1. The third kappa shape index (κ3) is 4.84. The van der Waals surface area contributed by atoms with Crippen LogP contribution in [-0.4, -0.2) is 50.2 Å². The lowest BCUT2D eigenvalue weighted by molar-refractivity contribution is -0.170. The number of nitrogen functional groups attached to an aromatic ring is 1. The number of halogens is 1. The van der Waals surface area contributed by atoms with Gasteiger partial charge in [0.25, 0.3) is 5.91 Å². The van der Waals surface area contributed by atoms with Gasteiger partial charge in [0.1, 0.15) is 17.7 Å². The van der Waals surface area contributed by atoms with Crippen molar-refractivity contribution < 1.29 is 18.8 Å². The molecule has 188 valence electrons. The van der Waals surface area contributed by atoms with Gasteiger partial charge in [0.05, 0.1) is 5.92 Å². The number of anilines is 2. The lowest BCUT2D eigenvalue weighted by Crippen LogP contribution is -2.69. The van der Waals surface area contributed by atoms with Crippen molar-refractivity contribution in [2.24, 2.45) is 13.0 Å². The van der Waals surface area contributed by atoms with Gasteiger partial charge in [-0.2, -0.15) is 0 Å². The Kier molecular flexibility index (Phi) is 7.14. The summed E-state index contributed by atoms with van der Waals surface area (Å²) < 4.78 is 15.5. The Hall–Kier alpha value is -4.08. The van der Waals surface area contributed by atoms with E-state index in [1.807, 2.05) is 6.92 Å². The number of hydrogen-bond acceptors (Lipinski definition) is 6. The molecule has 3 amide bonds. The molecule has 0 saturated carbocycles. The van der Waals surface area contributed by atoms with Crippen molar-refractivity contribution in [2.75, 3.05) is 17.7 Å². The van der Waals surface area contributed by atoms with Gasteiger partial charge in [-0.15, -0.1) is 0 Å². The number of nitrogens with two attached hydrogens (primary N) is 1. The van der Waals surface area contributed by atoms with Crippen LogP contribution in [0.15, 0.2) is 55.0 Å².